The molecule has 0 fully saturated rings. The molecule has 0 aromatic carbocycles. The summed E-state index contributed by atoms with van der Waals surface area (Å²) in [5, 5.41) is 0. The number of hydrogen-bond donors (Lipinski definition) is 1. The lowest BCUT2D eigenvalue weighted by atomic mass is 10.7. The molecule has 0 saturated carbocycles. The maximum absolute atomic E-state index is 6.92. The zero-order valence-corrected chi connectivity index (χ0v) is 2.58. The Balaban J connectivity index is 3.19. The smallest absolute Gasteiger partial charge is 0.0815 e. The first-order valence-corrected chi connectivity index (χ1v) is 1.33. The summed E-state index contributed by atoms with van der Waals surface area (Å²) in [6.45, 7) is 0. The van der Waals surface area contributed by atoms with E-state index in [1.807, 2.05) is 0 Å². The van der Waals surface area contributed by atoms with Crippen LogP contribution in [-0.2, 0) is 0 Å². The Morgan fingerprint density at radius 2 is 2.60 bits per heavy atom. The molecular weight excluding hydrogens is 62.1 g/mol. The van der Waals surface area contributed by atoms with Crippen LogP contribution in [0.4, 0.5) is 0 Å². The maximum atomic E-state index is 6.92. The highest BCUT2D eigenvalue weighted by molar-refractivity contribution is 4.84. The van der Waals surface area contributed by atoms with E-state index in [4.69, 9.17) is 4.11 Å². The van der Waals surface area contributed by atoms with Gasteiger partial charge in [0, 0.05) is 12.4 Å². The van der Waals surface area contributed by atoms with Gasteiger partial charge in [0.1, 0.15) is 0 Å². The number of hydrogen-bond acceptors (Lipinski definition) is 0. The Labute approximate surface area is 34.9 Å². The third kappa shape index (κ3) is 0.293. The predicted molar refractivity (Wildman–Crippen MR) is 20.8 cm³/mol. The van der Waals surface area contributed by atoms with Crippen molar-refractivity contribution in [1.82, 2.24) is 4.98 Å². The van der Waals surface area contributed by atoms with Crippen LogP contribution < -0.4 is 0 Å². The Hall–Kier alpha value is -0.720. The molecule has 0 spiro atoms. The molecule has 1 nitrogen and oxygen atoms in total. The highest BCUT2D eigenvalue weighted by Gasteiger charge is 1.55. The van der Waals surface area contributed by atoms with Gasteiger partial charge < -0.3 is 4.98 Å². The van der Waals surface area contributed by atoms with Gasteiger partial charge in [-0.3, -0.25) is 0 Å². The molecule has 5 heavy (non-hydrogen) atoms. The molecule has 1 rings (SSSR count). The van der Waals surface area contributed by atoms with Crippen molar-refractivity contribution in [3.8, 4) is 0 Å². The van der Waals surface area contributed by atoms with Gasteiger partial charge in [-0.1, -0.05) is 0 Å². The third-order valence-electron chi connectivity index (χ3n) is 0.351. The Bertz CT molecular complexity index is 174. The summed E-state index contributed by atoms with van der Waals surface area (Å²) in [5.74, 6) is 0. The monoisotopic (exact) mass is 70.1 g/mol. The molecule has 26 valence electrons. The van der Waals surface area contributed by atoms with E-state index in [1.165, 1.54) is 6.20 Å². The lowest BCUT2D eigenvalue weighted by Crippen LogP contribution is -1.38. The molecule has 0 aliphatic carbocycles. The fourth-order valence-electron chi connectivity index (χ4n) is 0.180. The Morgan fingerprint density at radius 3 is 2.80 bits per heavy atom. The van der Waals surface area contributed by atoms with Crippen LogP contribution in [0.25, 0.3) is 0 Å². The Kier molecular flexibility index (Phi) is 0.162. The van der Waals surface area contributed by atoms with E-state index in [0.29, 0.717) is 0 Å². The van der Waals surface area contributed by atoms with Gasteiger partial charge in [0.05, 0.1) is 4.11 Å². The first-order chi connectivity index (χ1) is 3.72. The Morgan fingerprint density at radius 1 is 1.60 bits per heavy atom. The van der Waals surface area contributed by atoms with E-state index >= 15 is 0 Å². The molecule has 0 aliphatic heterocycles. The molecule has 1 N–H and O–H groups in total. The van der Waals surface area contributed by atoms with E-state index in [1.54, 1.807) is 0 Å². The fraction of sp³-hybridized carbons (Fsp3) is 0. The average molecular weight is 70.1 g/mol. The number of nitrogens with one attached hydrogen (secondary N) is 1. The van der Waals surface area contributed by atoms with Crippen molar-refractivity contribution in [2.75, 3.05) is 0 Å². The number of aromatic amines is 1. The molecule has 1 aromatic heterocycles. The summed E-state index contributed by atoms with van der Waals surface area (Å²) in [6.07, 6.45) is 1.33. The minimum absolute atomic E-state index is 0.00926. The number of aromatic nitrogens is 1. The lowest BCUT2D eigenvalue weighted by molar-refractivity contribution is 1.42. The molecule has 0 atom stereocenters. The minimum Gasteiger partial charge on any atom is -0.368 e. The van der Waals surface area contributed by atoms with Crippen molar-refractivity contribution in [1.29, 1.82) is 0 Å². The van der Waals surface area contributed by atoms with Crippen molar-refractivity contribution in [2.45, 2.75) is 0 Å². The average Bonchev–Trinajstić information content (AvgIpc) is 1.98. The molecule has 0 aliphatic rings. The molecule has 0 saturated heterocycles. The van der Waals surface area contributed by atoms with Crippen LogP contribution >= 0.6 is 0 Å². The van der Waals surface area contributed by atoms with Crippen LogP contribution in [0.3, 0.4) is 0 Å². The van der Waals surface area contributed by atoms with E-state index in [2.05, 4.69) is 4.98 Å². The maximum Gasteiger partial charge on any atom is 0.0815 e. The quantitative estimate of drug-likeness (QED) is 0.469. The molecule has 0 amide bonds. The van der Waals surface area contributed by atoms with Crippen molar-refractivity contribution in [3.63, 3.8) is 0 Å². The van der Waals surface area contributed by atoms with Crippen molar-refractivity contribution in [3.05, 3.63) is 24.5 Å². The van der Waals surface area contributed by atoms with Gasteiger partial charge in [-0.05, 0) is 12.1 Å². The van der Waals surface area contributed by atoms with E-state index in [0.717, 1.165) is 0 Å². The van der Waals surface area contributed by atoms with Crippen molar-refractivity contribution in [2.24, 2.45) is 0 Å². The van der Waals surface area contributed by atoms with Crippen LogP contribution in [0, 0.1) is 0 Å². The van der Waals surface area contributed by atoms with E-state index in [-0.39, 0.29) is 18.3 Å². The molecule has 0 unspecified atom stereocenters. The van der Waals surface area contributed by atoms with Crippen LogP contribution in [0.15, 0.2) is 24.5 Å². The highest BCUT2D eigenvalue weighted by atomic mass is 14.6. The SMILES string of the molecule is [2H]c1c[nH]c([2H])c1[2H]. The fourth-order valence-corrected chi connectivity index (χ4v) is 0.180. The summed E-state index contributed by atoms with van der Waals surface area (Å²) in [5.41, 5.74) is 0. The zero-order chi connectivity index (χ0) is 6.15. The molecular formula is C4H5N. The van der Waals surface area contributed by atoms with Gasteiger partial charge >= 0.3 is 0 Å². The third-order valence-corrected chi connectivity index (χ3v) is 0.351. The van der Waals surface area contributed by atoms with Gasteiger partial charge in [0.2, 0.25) is 0 Å². The molecule has 1 heteroatoms. The lowest BCUT2D eigenvalue weighted by Gasteiger charge is -1.49. The first kappa shape index (κ1) is 0.869. The summed E-state index contributed by atoms with van der Waals surface area (Å²) < 4.78 is 20.7. The summed E-state index contributed by atoms with van der Waals surface area (Å²) >= 11 is 0. The summed E-state index contributed by atoms with van der Waals surface area (Å²) in [4.78, 5) is 2.43. The largest absolute Gasteiger partial charge is 0.368 e. The van der Waals surface area contributed by atoms with Crippen molar-refractivity contribution < 1.29 is 4.11 Å². The van der Waals surface area contributed by atoms with Crippen molar-refractivity contribution >= 4 is 0 Å². The minimum atomic E-state index is -0.0370. The zero-order valence-electron chi connectivity index (χ0n) is 5.58. The molecule has 0 bridgehead atoms. The second-order valence-corrected chi connectivity index (χ2v) is 0.683. The first-order valence-electron chi connectivity index (χ1n) is 2.83. The van der Waals surface area contributed by atoms with Gasteiger partial charge in [0.25, 0.3) is 0 Å². The second kappa shape index (κ2) is 0.931. The topological polar surface area (TPSA) is 15.8 Å². The molecule has 1 heterocycles. The standard InChI is InChI=1S/C4H5N/c1-2-4-5-3-1/h1-5H/i1D,2D,3D. The highest BCUT2D eigenvalue weighted by Crippen LogP contribution is 1.72. The number of rotatable bonds is 0. The van der Waals surface area contributed by atoms with E-state index < -0.39 is 0 Å². The van der Waals surface area contributed by atoms with Gasteiger partial charge in [0.15, 0.2) is 0 Å². The summed E-state index contributed by atoms with van der Waals surface area (Å²) in [7, 11) is 0. The van der Waals surface area contributed by atoms with Gasteiger partial charge in [-0.25, -0.2) is 0 Å². The normalized spacial score (nSPS) is 16.4. The summed E-state index contributed by atoms with van der Waals surface area (Å²) in [6, 6.07) is 0.0417. The predicted octanol–water partition coefficient (Wildman–Crippen LogP) is 1.01. The second-order valence-electron chi connectivity index (χ2n) is 0.683. The number of H-pyrrole nitrogens is 1. The van der Waals surface area contributed by atoms with Gasteiger partial charge in [-0.15, -0.1) is 0 Å². The van der Waals surface area contributed by atoms with Crippen LogP contribution in [-0.4, -0.2) is 4.98 Å². The van der Waals surface area contributed by atoms with Gasteiger partial charge in [-0.2, -0.15) is 0 Å². The van der Waals surface area contributed by atoms with Crippen LogP contribution in [0.5, 0.6) is 0 Å². The van der Waals surface area contributed by atoms with E-state index in [9.17, 15) is 0 Å². The van der Waals surface area contributed by atoms with Crippen LogP contribution in [0.1, 0.15) is 4.11 Å². The van der Waals surface area contributed by atoms with Crippen LogP contribution in [0.2, 0.25) is 0 Å². The molecule has 0 radical (unpaired) electrons. The molecule has 1 aromatic rings.